The molecule has 1 aromatic carbocycles. The molecule has 0 atom stereocenters. The van der Waals surface area contributed by atoms with Gasteiger partial charge in [-0.15, -0.1) is 22.6 Å². The highest BCUT2D eigenvalue weighted by Gasteiger charge is 2.10. The van der Waals surface area contributed by atoms with E-state index in [1.54, 1.807) is 7.05 Å². The number of hydrogen-bond donors (Lipinski definition) is 1. The Bertz CT molecular complexity index is 472. The fraction of sp³-hybridized carbons (Fsp3) is 0.111. The van der Waals surface area contributed by atoms with Gasteiger partial charge in [0.25, 0.3) is 0 Å². The predicted octanol–water partition coefficient (Wildman–Crippen LogP) is 2.59. The SMILES string of the molecule is CN(N)c1nnc(-c2ccccc2Cl)s1.Cl. The van der Waals surface area contributed by atoms with Crippen molar-refractivity contribution in [3.8, 4) is 10.6 Å². The lowest BCUT2D eigenvalue weighted by molar-refractivity contribution is 0.960. The first-order chi connectivity index (χ1) is 7.18. The van der Waals surface area contributed by atoms with Crippen LogP contribution in [0.2, 0.25) is 5.02 Å². The van der Waals surface area contributed by atoms with E-state index in [0.717, 1.165) is 10.6 Å². The predicted molar refractivity (Wildman–Crippen MR) is 70.2 cm³/mol. The second-order valence-corrected chi connectivity index (χ2v) is 4.34. The van der Waals surface area contributed by atoms with Gasteiger partial charge in [0.05, 0.1) is 5.02 Å². The quantitative estimate of drug-likeness (QED) is 0.677. The molecule has 0 saturated carbocycles. The van der Waals surface area contributed by atoms with Gasteiger partial charge in [-0.1, -0.05) is 41.1 Å². The molecule has 1 aromatic heterocycles. The van der Waals surface area contributed by atoms with E-state index in [9.17, 15) is 0 Å². The number of halogens is 2. The Labute approximate surface area is 108 Å². The van der Waals surface area contributed by atoms with Crippen molar-refractivity contribution in [3.05, 3.63) is 29.3 Å². The Hall–Kier alpha value is -0.880. The molecule has 86 valence electrons. The summed E-state index contributed by atoms with van der Waals surface area (Å²) >= 11 is 7.44. The third kappa shape index (κ3) is 2.62. The average molecular weight is 277 g/mol. The molecule has 0 saturated heterocycles. The fourth-order valence-corrected chi connectivity index (χ4v) is 2.15. The Morgan fingerprint density at radius 2 is 2.00 bits per heavy atom. The van der Waals surface area contributed by atoms with E-state index in [2.05, 4.69) is 10.2 Å². The molecule has 0 amide bonds. The zero-order valence-electron chi connectivity index (χ0n) is 8.42. The van der Waals surface area contributed by atoms with Crippen molar-refractivity contribution in [2.45, 2.75) is 0 Å². The molecule has 2 aromatic rings. The van der Waals surface area contributed by atoms with Crippen molar-refractivity contribution in [2.24, 2.45) is 5.84 Å². The van der Waals surface area contributed by atoms with E-state index in [-0.39, 0.29) is 12.4 Å². The normalized spacial score (nSPS) is 9.69. The third-order valence-electron chi connectivity index (χ3n) is 1.82. The standard InChI is InChI=1S/C9H9ClN4S.ClH/c1-14(11)9-13-12-8(15-9)6-4-2-3-5-7(6)10;/h2-5H,11H2,1H3;1H. The first kappa shape index (κ1) is 13.2. The van der Waals surface area contributed by atoms with Gasteiger partial charge in [-0.05, 0) is 6.07 Å². The summed E-state index contributed by atoms with van der Waals surface area (Å²) in [6, 6.07) is 7.52. The zero-order chi connectivity index (χ0) is 10.8. The molecule has 2 rings (SSSR count). The summed E-state index contributed by atoms with van der Waals surface area (Å²) in [4.78, 5) is 0. The molecular formula is C9H10Cl2N4S. The number of hydrogen-bond acceptors (Lipinski definition) is 5. The van der Waals surface area contributed by atoms with Crippen LogP contribution in [0, 0.1) is 0 Å². The van der Waals surface area contributed by atoms with E-state index in [0.29, 0.717) is 10.2 Å². The number of nitrogens with zero attached hydrogens (tertiary/aromatic N) is 3. The van der Waals surface area contributed by atoms with Crippen LogP contribution < -0.4 is 10.9 Å². The van der Waals surface area contributed by atoms with Crippen molar-refractivity contribution in [2.75, 3.05) is 12.1 Å². The maximum absolute atomic E-state index is 6.04. The number of hydrazine groups is 1. The fourth-order valence-electron chi connectivity index (χ4n) is 1.10. The summed E-state index contributed by atoms with van der Waals surface area (Å²) in [6.07, 6.45) is 0. The molecule has 0 radical (unpaired) electrons. The molecule has 7 heteroatoms. The van der Waals surface area contributed by atoms with Crippen LogP contribution in [0.3, 0.4) is 0 Å². The lowest BCUT2D eigenvalue weighted by Gasteiger charge is -2.03. The van der Waals surface area contributed by atoms with Gasteiger partial charge in [0.1, 0.15) is 0 Å². The minimum atomic E-state index is 0. The molecule has 0 bridgehead atoms. The Morgan fingerprint density at radius 3 is 2.56 bits per heavy atom. The Balaban J connectivity index is 0.00000128. The zero-order valence-corrected chi connectivity index (χ0v) is 10.8. The van der Waals surface area contributed by atoms with Gasteiger partial charge in [0.2, 0.25) is 5.13 Å². The number of benzene rings is 1. The van der Waals surface area contributed by atoms with Crippen LogP contribution in [0.25, 0.3) is 10.6 Å². The molecule has 0 aliphatic rings. The third-order valence-corrected chi connectivity index (χ3v) is 3.20. The summed E-state index contributed by atoms with van der Waals surface area (Å²) < 4.78 is 0. The molecule has 0 fully saturated rings. The molecule has 0 unspecified atom stereocenters. The largest absolute Gasteiger partial charge is 0.288 e. The van der Waals surface area contributed by atoms with Crippen molar-refractivity contribution < 1.29 is 0 Å². The Kier molecular flexibility index (Phi) is 4.49. The molecular weight excluding hydrogens is 267 g/mol. The second kappa shape index (κ2) is 5.45. The van der Waals surface area contributed by atoms with Crippen molar-refractivity contribution >= 4 is 40.5 Å². The Morgan fingerprint density at radius 1 is 1.31 bits per heavy atom. The topological polar surface area (TPSA) is 55.0 Å². The van der Waals surface area contributed by atoms with Crippen LogP contribution in [-0.4, -0.2) is 17.2 Å². The summed E-state index contributed by atoms with van der Waals surface area (Å²) in [6.45, 7) is 0. The van der Waals surface area contributed by atoms with Crippen LogP contribution in [0.1, 0.15) is 0 Å². The van der Waals surface area contributed by atoms with Crippen LogP contribution in [0.5, 0.6) is 0 Å². The molecule has 1 heterocycles. The lowest BCUT2D eigenvalue weighted by atomic mass is 10.2. The highest BCUT2D eigenvalue weighted by atomic mass is 35.5. The van der Waals surface area contributed by atoms with Crippen molar-refractivity contribution in [1.29, 1.82) is 0 Å². The van der Waals surface area contributed by atoms with Gasteiger partial charge in [0.15, 0.2) is 5.01 Å². The van der Waals surface area contributed by atoms with E-state index in [1.165, 1.54) is 16.3 Å². The highest BCUT2D eigenvalue weighted by molar-refractivity contribution is 7.18. The number of anilines is 1. The van der Waals surface area contributed by atoms with Gasteiger partial charge in [-0.3, -0.25) is 5.01 Å². The maximum Gasteiger partial charge on any atom is 0.222 e. The summed E-state index contributed by atoms with van der Waals surface area (Å²) in [5.74, 6) is 5.55. The van der Waals surface area contributed by atoms with Gasteiger partial charge < -0.3 is 0 Å². The van der Waals surface area contributed by atoms with Gasteiger partial charge in [-0.25, -0.2) is 5.84 Å². The van der Waals surface area contributed by atoms with E-state index >= 15 is 0 Å². The molecule has 16 heavy (non-hydrogen) atoms. The minimum absolute atomic E-state index is 0. The first-order valence-electron chi connectivity index (χ1n) is 4.25. The van der Waals surface area contributed by atoms with Crippen molar-refractivity contribution in [1.82, 2.24) is 10.2 Å². The number of nitrogens with two attached hydrogens (primary N) is 1. The summed E-state index contributed by atoms with van der Waals surface area (Å²) in [5.41, 5.74) is 0.879. The van der Waals surface area contributed by atoms with Crippen LogP contribution >= 0.6 is 35.3 Å². The monoisotopic (exact) mass is 276 g/mol. The van der Waals surface area contributed by atoms with Gasteiger partial charge >= 0.3 is 0 Å². The average Bonchev–Trinajstić information content (AvgIpc) is 2.67. The second-order valence-electron chi connectivity index (χ2n) is 2.98. The summed E-state index contributed by atoms with van der Waals surface area (Å²) in [5, 5.41) is 11.5. The van der Waals surface area contributed by atoms with E-state index in [1.807, 2.05) is 24.3 Å². The van der Waals surface area contributed by atoms with E-state index in [4.69, 9.17) is 17.4 Å². The number of rotatable bonds is 2. The molecule has 0 aliphatic carbocycles. The van der Waals surface area contributed by atoms with Crippen molar-refractivity contribution in [3.63, 3.8) is 0 Å². The van der Waals surface area contributed by atoms with Gasteiger partial charge in [0, 0.05) is 12.6 Å². The molecule has 0 spiro atoms. The minimum Gasteiger partial charge on any atom is -0.288 e. The van der Waals surface area contributed by atoms with E-state index < -0.39 is 0 Å². The van der Waals surface area contributed by atoms with Crippen LogP contribution in [-0.2, 0) is 0 Å². The molecule has 2 N–H and O–H groups in total. The molecule has 0 aliphatic heterocycles. The summed E-state index contributed by atoms with van der Waals surface area (Å²) in [7, 11) is 1.72. The highest BCUT2D eigenvalue weighted by Crippen LogP contribution is 2.31. The smallest absolute Gasteiger partial charge is 0.222 e. The first-order valence-corrected chi connectivity index (χ1v) is 5.45. The number of aromatic nitrogens is 2. The van der Waals surface area contributed by atoms with Gasteiger partial charge in [-0.2, -0.15) is 0 Å². The van der Waals surface area contributed by atoms with Crippen LogP contribution in [0.15, 0.2) is 24.3 Å². The lowest BCUT2D eigenvalue weighted by Crippen LogP contribution is -2.24. The molecule has 4 nitrogen and oxygen atoms in total. The maximum atomic E-state index is 6.04. The van der Waals surface area contributed by atoms with Crippen LogP contribution in [0.4, 0.5) is 5.13 Å².